The number of nitrogens with one attached hydrogen (secondary N) is 1. The van der Waals surface area contributed by atoms with Crippen molar-refractivity contribution < 1.29 is 0 Å². The number of hydrogen-bond donors (Lipinski definition) is 1. The van der Waals surface area contributed by atoms with Crippen LogP contribution < -0.4 is 10.2 Å². The molecule has 2 fully saturated rings. The number of rotatable bonds is 5. The van der Waals surface area contributed by atoms with Crippen LogP contribution in [0.5, 0.6) is 0 Å². The summed E-state index contributed by atoms with van der Waals surface area (Å²) in [5.74, 6) is 0. The summed E-state index contributed by atoms with van der Waals surface area (Å²) in [6.07, 6.45) is 6.63. The summed E-state index contributed by atoms with van der Waals surface area (Å²) in [4.78, 5) is 2.59. The Labute approximate surface area is 137 Å². The summed E-state index contributed by atoms with van der Waals surface area (Å²) in [6, 6.07) is 7.53. The standard InChI is InChI=1S/C18H27BrN2/c1-3-18(2)8-10-21(11-9-18)17-7-4-15(19)12-14(17)13-20-16-5-6-16/h4,7,12,16,20H,3,5-6,8-11,13H2,1-2H3. The molecule has 0 unspecified atom stereocenters. The first-order chi connectivity index (χ1) is 10.1. The minimum Gasteiger partial charge on any atom is -0.371 e. The Balaban J connectivity index is 1.71. The maximum Gasteiger partial charge on any atom is 0.0412 e. The Morgan fingerprint density at radius 1 is 1.29 bits per heavy atom. The van der Waals surface area contributed by atoms with Crippen LogP contribution in [0.15, 0.2) is 22.7 Å². The van der Waals surface area contributed by atoms with Crippen molar-refractivity contribution in [1.82, 2.24) is 5.32 Å². The number of halogens is 1. The molecule has 0 amide bonds. The Morgan fingerprint density at radius 3 is 2.62 bits per heavy atom. The Bertz CT molecular complexity index is 488. The molecule has 0 radical (unpaired) electrons. The van der Waals surface area contributed by atoms with Crippen LogP contribution in [0.1, 0.15) is 51.5 Å². The van der Waals surface area contributed by atoms with Gasteiger partial charge in [-0.15, -0.1) is 0 Å². The Kier molecular flexibility index (Phi) is 4.60. The molecule has 0 aromatic heterocycles. The number of benzene rings is 1. The third-order valence-electron chi connectivity index (χ3n) is 5.36. The quantitative estimate of drug-likeness (QED) is 0.826. The zero-order chi connectivity index (χ0) is 14.9. The van der Waals surface area contributed by atoms with Crippen molar-refractivity contribution in [2.75, 3.05) is 18.0 Å². The average Bonchev–Trinajstić information content (AvgIpc) is 3.31. The minimum absolute atomic E-state index is 0.554. The highest BCUT2D eigenvalue weighted by Gasteiger charge is 2.29. The number of piperidine rings is 1. The van der Waals surface area contributed by atoms with Gasteiger partial charge in [0.2, 0.25) is 0 Å². The minimum atomic E-state index is 0.554. The third kappa shape index (κ3) is 3.81. The van der Waals surface area contributed by atoms with Crippen molar-refractivity contribution in [3.63, 3.8) is 0 Å². The van der Waals surface area contributed by atoms with E-state index in [9.17, 15) is 0 Å². The zero-order valence-electron chi connectivity index (χ0n) is 13.3. The summed E-state index contributed by atoms with van der Waals surface area (Å²) >= 11 is 3.63. The van der Waals surface area contributed by atoms with E-state index in [1.807, 2.05) is 0 Å². The van der Waals surface area contributed by atoms with Crippen LogP contribution in [0.3, 0.4) is 0 Å². The van der Waals surface area contributed by atoms with E-state index in [0.29, 0.717) is 5.41 Å². The molecule has 1 saturated carbocycles. The molecule has 1 heterocycles. The molecule has 1 aliphatic carbocycles. The van der Waals surface area contributed by atoms with Gasteiger partial charge in [-0.2, -0.15) is 0 Å². The van der Waals surface area contributed by atoms with Gasteiger partial charge in [0.15, 0.2) is 0 Å². The largest absolute Gasteiger partial charge is 0.371 e. The fourth-order valence-electron chi connectivity index (χ4n) is 3.19. The van der Waals surface area contributed by atoms with Crippen LogP contribution >= 0.6 is 15.9 Å². The molecule has 2 aliphatic rings. The summed E-state index contributed by atoms with van der Waals surface area (Å²) in [5.41, 5.74) is 3.43. The highest BCUT2D eigenvalue weighted by molar-refractivity contribution is 9.10. The lowest BCUT2D eigenvalue weighted by molar-refractivity contribution is 0.238. The molecule has 1 N–H and O–H groups in total. The molecule has 1 aromatic carbocycles. The van der Waals surface area contributed by atoms with Crippen molar-refractivity contribution in [2.45, 2.75) is 58.5 Å². The van der Waals surface area contributed by atoms with Gasteiger partial charge in [0.05, 0.1) is 0 Å². The molecule has 1 aliphatic heterocycles. The molecule has 1 aromatic rings. The SMILES string of the molecule is CCC1(C)CCN(c2ccc(Br)cc2CNC2CC2)CC1. The number of nitrogens with zero attached hydrogens (tertiary/aromatic N) is 1. The zero-order valence-corrected chi connectivity index (χ0v) is 14.9. The van der Waals surface area contributed by atoms with Gasteiger partial charge in [0.25, 0.3) is 0 Å². The fraction of sp³-hybridized carbons (Fsp3) is 0.667. The van der Waals surface area contributed by atoms with E-state index in [4.69, 9.17) is 0 Å². The van der Waals surface area contributed by atoms with Gasteiger partial charge in [-0.1, -0.05) is 36.2 Å². The Hall–Kier alpha value is -0.540. The highest BCUT2D eigenvalue weighted by Crippen LogP contribution is 2.37. The number of hydrogen-bond acceptors (Lipinski definition) is 2. The lowest BCUT2D eigenvalue weighted by atomic mass is 9.78. The molecular weight excluding hydrogens is 324 g/mol. The van der Waals surface area contributed by atoms with E-state index < -0.39 is 0 Å². The summed E-state index contributed by atoms with van der Waals surface area (Å²) in [6.45, 7) is 8.17. The Morgan fingerprint density at radius 2 is 2.00 bits per heavy atom. The van der Waals surface area contributed by atoms with Crippen LogP contribution in [0, 0.1) is 5.41 Å². The van der Waals surface area contributed by atoms with Gasteiger partial charge in [-0.25, -0.2) is 0 Å². The second-order valence-electron chi connectivity index (χ2n) is 7.08. The highest BCUT2D eigenvalue weighted by atomic mass is 79.9. The average molecular weight is 351 g/mol. The molecule has 3 rings (SSSR count). The van der Waals surface area contributed by atoms with E-state index in [-0.39, 0.29) is 0 Å². The lowest BCUT2D eigenvalue weighted by Gasteiger charge is -2.40. The normalized spacial score (nSPS) is 21.6. The van der Waals surface area contributed by atoms with Crippen LogP contribution in [0.2, 0.25) is 0 Å². The van der Waals surface area contributed by atoms with Gasteiger partial charge >= 0.3 is 0 Å². The van der Waals surface area contributed by atoms with Gasteiger partial charge in [-0.3, -0.25) is 0 Å². The summed E-state index contributed by atoms with van der Waals surface area (Å²) in [7, 11) is 0. The summed E-state index contributed by atoms with van der Waals surface area (Å²) < 4.78 is 1.19. The van der Waals surface area contributed by atoms with E-state index >= 15 is 0 Å². The first-order valence-corrected chi connectivity index (χ1v) is 9.16. The van der Waals surface area contributed by atoms with Crippen molar-refractivity contribution in [3.05, 3.63) is 28.2 Å². The van der Waals surface area contributed by atoms with Crippen LogP contribution in [0.25, 0.3) is 0 Å². The van der Waals surface area contributed by atoms with E-state index in [1.54, 1.807) is 0 Å². The van der Waals surface area contributed by atoms with E-state index in [0.717, 1.165) is 12.6 Å². The lowest BCUT2D eigenvalue weighted by Crippen LogP contribution is -2.39. The monoisotopic (exact) mass is 350 g/mol. The smallest absolute Gasteiger partial charge is 0.0412 e. The van der Waals surface area contributed by atoms with Gasteiger partial charge < -0.3 is 10.2 Å². The van der Waals surface area contributed by atoms with Crippen molar-refractivity contribution >= 4 is 21.6 Å². The third-order valence-corrected chi connectivity index (χ3v) is 5.86. The first kappa shape index (κ1) is 15.4. The van der Waals surface area contributed by atoms with Crippen molar-refractivity contribution in [2.24, 2.45) is 5.41 Å². The van der Waals surface area contributed by atoms with Crippen molar-refractivity contribution in [1.29, 1.82) is 0 Å². The predicted octanol–water partition coefficient (Wildman–Crippen LogP) is 4.72. The maximum absolute atomic E-state index is 3.66. The maximum atomic E-state index is 3.66. The summed E-state index contributed by atoms with van der Waals surface area (Å²) in [5, 5.41) is 3.66. The molecule has 2 nitrogen and oxygen atoms in total. The van der Waals surface area contributed by atoms with E-state index in [2.05, 4.69) is 58.2 Å². The molecule has 0 spiro atoms. The van der Waals surface area contributed by atoms with Gasteiger partial charge in [0.1, 0.15) is 0 Å². The fourth-order valence-corrected chi connectivity index (χ4v) is 3.60. The predicted molar refractivity (Wildman–Crippen MR) is 93.8 cm³/mol. The number of anilines is 1. The van der Waals surface area contributed by atoms with Crippen LogP contribution in [-0.2, 0) is 6.54 Å². The molecule has 116 valence electrons. The topological polar surface area (TPSA) is 15.3 Å². The van der Waals surface area contributed by atoms with Crippen molar-refractivity contribution in [3.8, 4) is 0 Å². The van der Waals surface area contributed by atoms with E-state index in [1.165, 1.54) is 60.9 Å². The molecule has 0 bridgehead atoms. The van der Waals surface area contributed by atoms with Crippen LogP contribution in [0.4, 0.5) is 5.69 Å². The second kappa shape index (κ2) is 6.29. The van der Waals surface area contributed by atoms with Gasteiger partial charge in [-0.05, 0) is 54.9 Å². The molecule has 3 heteroatoms. The molecule has 1 saturated heterocycles. The molecule has 21 heavy (non-hydrogen) atoms. The second-order valence-corrected chi connectivity index (χ2v) is 8.00. The molecular formula is C18H27BrN2. The first-order valence-electron chi connectivity index (χ1n) is 8.36. The molecule has 0 atom stereocenters. The van der Waals surface area contributed by atoms with Gasteiger partial charge in [0, 0.05) is 35.8 Å². The van der Waals surface area contributed by atoms with Crippen LogP contribution in [-0.4, -0.2) is 19.1 Å².